The number of amides is 1. The van der Waals surface area contributed by atoms with E-state index < -0.39 is 6.10 Å². The summed E-state index contributed by atoms with van der Waals surface area (Å²) in [4.78, 5) is 18.7. The minimum atomic E-state index is -0.605. The summed E-state index contributed by atoms with van der Waals surface area (Å²) in [6.45, 7) is 9.28. The lowest BCUT2D eigenvalue weighted by atomic mass is 10.00. The third kappa shape index (κ3) is 7.03. The molecule has 7 heteroatoms. The molecule has 3 rings (SSSR count). The summed E-state index contributed by atoms with van der Waals surface area (Å²) in [5.41, 5.74) is 2.48. The highest BCUT2D eigenvalue weighted by Gasteiger charge is 2.33. The van der Waals surface area contributed by atoms with Crippen molar-refractivity contribution in [3.8, 4) is 5.75 Å². The first-order valence-corrected chi connectivity index (χ1v) is 12.8. The Labute approximate surface area is 202 Å². The second-order valence-corrected chi connectivity index (χ2v) is 10.0. The van der Waals surface area contributed by atoms with Crippen LogP contribution in [0.2, 0.25) is 0 Å². The largest absolute Gasteiger partial charge is 0.491 e. The summed E-state index contributed by atoms with van der Waals surface area (Å²) in [5, 5.41) is 12.3. The molecule has 0 saturated heterocycles. The molecule has 2 aromatic rings. The molecule has 2 heterocycles. The fourth-order valence-electron chi connectivity index (χ4n) is 4.38. The van der Waals surface area contributed by atoms with E-state index in [0.29, 0.717) is 25.6 Å². The van der Waals surface area contributed by atoms with Gasteiger partial charge in [0.2, 0.25) is 5.91 Å². The van der Waals surface area contributed by atoms with Crippen molar-refractivity contribution in [1.82, 2.24) is 9.80 Å². The first-order chi connectivity index (χ1) is 15.9. The van der Waals surface area contributed by atoms with E-state index in [1.165, 1.54) is 16.0 Å². The fourth-order valence-corrected chi connectivity index (χ4v) is 5.30. The van der Waals surface area contributed by atoms with Gasteiger partial charge in [-0.05, 0) is 60.0 Å². The predicted octanol–water partition coefficient (Wildman–Crippen LogP) is 4.10. The maximum absolute atomic E-state index is 13.4. The van der Waals surface area contributed by atoms with E-state index in [1.54, 1.807) is 18.4 Å². The maximum Gasteiger partial charge on any atom is 0.237 e. The SMILES string of the molecule is CCCN(CC(=O)N1CCc2sccc2[C@@H]1COc1ccc(C(C)C)cc1)C[C@H](O)COC. The van der Waals surface area contributed by atoms with Crippen LogP contribution >= 0.6 is 11.3 Å². The number of thiophene rings is 1. The molecule has 1 aliphatic heterocycles. The summed E-state index contributed by atoms with van der Waals surface area (Å²) >= 11 is 1.75. The van der Waals surface area contributed by atoms with Gasteiger partial charge in [0.25, 0.3) is 0 Å². The smallest absolute Gasteiger partial charge is 0.237 e. The third-order valence-corrected chi connectivity index (χ3v) is 7.09. The molecule has 0 unspecified atom stereocenters. The lowest BCUT2D eigenvalue weighted by molar-refractivity contribution is -0.136. The van der Waals surface area contributed by atoms with Gasteiger partial charge < -0.3 is 19.5 Å². The number of fused-ring (bicyclic) bond motifs is 1. The van der Waals surface area contributed by atoms with Crippen molar-refractivity contribution in [1.29, 1.82) is 0 Å². The molecule has 0 radical (unpaired) electrons. The Morgan fingerprint density at radius 1 is 1.27 bits per heavy atom. The Kier molecular flexibility index (Phi) is 9.74. The van der Waals surface area contributed by atoms with Crippen LogP contribution in [-0.2, 0) is 16.0 Å². The van der Waals surface area contributed by atoms with Crippen LogP contribution in [0.4, 0.5) is 0 Å². The number of hydrogen-bond acceptors (Lipinski definition) is 6. The van der Waals surface area contributed by atoms with Crippen LogP contribution in [0.5, 0.6) is 5.75 Å². The molecular formula is C26H38N2O4S. The first kappa shape index (κ1) is 25.7. The maximum atomic E-state index is 13.4. The number of hydrogen-bond donors (Lipinski definition) is 1. The topological polar surface area (TPSA) is 62.2 Å². The van der Waals surface area contributed by atoms with Crippen molar-refractivity contribution in [2.45, 2.75) is 51.7 Å². The van der Waals surface area contributed by atoms with E-state index in [0.717, 1.165) is 25.1 Å². The Morgan fingerprint density at radius 3 is 2.70 bits per heavy atom. The highest BCUT2D eigenvalue weighted by Crippen LogP contribution is 2.34. The van der Waals surface area contributed by atoms with Crippen LogP contribution in [0.25, 0.3) is 0 Å². The van der Waals surface area contributed by atoms with Gasteiger partial charge in [0.05, 0.1) is 25.3 Å². The van der Waals surface area contributed by atoms with E-state index in [-0.39, 0.29) is 25.1 Å². The molecule has 1 amide bonds. The zero-order valence-corrected chi connectivity index (χ0v) is 21.1. The lowest BCUT2D eigenvalue weighted by Crippen LogP contribution is -2.48. The Hall–Kier alpha value is -1.93. The number of methoxy groups -OCH3 is 1. The number of aliphatic hydroxyl groups is 1. The van der Waals surface area contributed by atoms with Gasteiger partial charge in [-0.2, -0.15) is 0 Å². The van der Waals surface area contributed by atoms with Gasteiger partial charge in [-0.15, -0.1) is 11.3 Å². The molecule has 1 N–H and O–H groups in total. The number of aliphatic hydroxyl groups excluding tert-OH is 1. The van der Waals surface area contributed by atoms with Gasteiger partial charge in [-0.3, -0.25) is 9.69 Å². The van der Waals surface area contributed by atoms with Gasteiger partial charge in [0.15, 0.2) is 0 Å². The molecule has 1 aliphatic rings. The van der Waals surface area contributed by atoms with Crippen LogP contribution in [0, 0.1) is 0 Å². The van der Waals surface area contributed by atoms with Gasteiger partial charge in [0, 0.05) is 25.1 Å². The Morgan fingerprint density at radius 2 is 2.03 bits per heavy atom. The van der Waals surface area contributed by atoms with E-state index in [1.807, 2.05) is 21.9 Å². The number of benzene rings is 1. The first-order valence-electron chi connectivity index (χ1n) is 11.9. The Balaban J connectivity index is 1.70. The molecule has 0 fully saturated rings. The molecule has 33 heavy (non-hydrogen) atoms. The van der Waals surface area contributed by atoms with Crippen molar-refractivity contribution >= 4 is 17.2 Å². The second kappa shape index (κ2) is 12.5. The lowest BCUT2D eigenvalue weighted by Gasteiger charge is -2.37. The minimum absolute atomic E-state index is 0.0775. The van der Waals surface area contributed by atoms with Gasteiger partial charge >= 0.3 is 0 Å². The van der Waals surface area contributed by atoms with E-state index in [2.05, 4.69) is 44.4 Å². The van der Waals surface area contributed by atoms with Gasteiger partial charge in [0.1, 0.15) is 12.4 Å². The number of nitrogens with zero attached hydrogens (tertiary/aromatic N) is 2. The molecule has 1 aromatic heterocycles. The predicted molar refractivity (Wildman–Crippen MR) is 133 cm³/mol. The summed E-state index contributed by atoms with van der Waals surface area (Å²) in [6, 6.07) is 10.3. The van der Waals surface area contributed by atoms with Crippen LogP contribution in [0.3, 0.4) is 0 Å². The van der Waals surface area contributed by atoms with Crippen LogP contribution in [0.1, 0.15) is 55.2 Å². The molecule has 2 atom stereocenters. The van der Waals surface area contributed by atoms with Gasteiger partial charge in [-0.1, -0.05) is 32.9 Å². The number of ether oxygens (including phenoxy) is 2. The summed E-state index contributed by atoms with van der Waals surface area (Å²) < 4.78 is 11.2. The molecule has 0 spiro atoms. The highest BCUT2D eigenvalue weighted by atomic mass is 32.1. The average Bonchev–Trinajstić information content (AvgIpc) is 3.27. The average molecular weight is 475 g/mol. The Bertz CT molecular complexity index is 867. The number of carbonyl (C=O) groups is 1. The van der Waals surface area contributed by atoms with Crippen molar-refractivity contribution in [2.75, 3.05) is 46.5 Å². The zero-order chi connectivity index (χ0) is 23.8. The molecule has 0 saturated carbocycles. The standard InChI is InChI=1S/C26H38N2O4S/c1-5-12-27(15-21(29)17-31-4)16-26(30)28-13-10-25-23(11-14-33-25)24(28)18-32-22-8-6-20(7-9-22)19(2)3/h6-9,11,14,19,21,24,29H,5,10,12-13,15-18H2,1-4H3/t21-,24-/m0/s1. The van der Waals surface area contributed by atoms with Crippen LogP contribution < -0.4 is 4.74 Å². The van der Waals surface area contributed by atoms with Crippen molar-refractivity contribution in [3.63, 3.8) is 0 Å². The van der Waals surface area contributed by atoms with E-state index in [4.69, 9.17) is 9.47 Å². The molecule has 6 nitrogen and oxygen atoms in total. The van der Waals surface area contributed by atoms with Crippen molar-refractivity contribution < 1.29 is 19.4 Å². The van der Waals surface area contributed by atoms with E-state index >= 15 is 0 Å². The molecule has 182 valence electrons. The molecule has 0 aliphatic carbocycles. The number of rotatable bonds is 12. The summed E-state index contributed by atoms with van der Waals surface area (Å²) in [6.07, 6.45) is 1.19. The summed E-state index contributed by atoms with van der Waals surface area (Å²) in [7, 11) is 1.58. The molecular weight excluding hydrogens is 436 g/mol. The summed E-state index contributed by atoms with van der Waals surface area (Å²) in [5.74, 6) is 1.38. The molecule has 1 aromatic carbocycles. The second-order valence-electron chi connectivity index (χ2n) is 9.03. The quantitative estimate of drug-likeness (QED) is 0.502. The monoisotopic (exact) mass is 474 g/mol. The highest BCUT2D eigenvalue weighted by molar-refractivity contribution is 7.10. The van der Waals surface area contributed by atoms with Crippen LogP contribution in [0.15, 0.2) is 35.7 Å². The third-order valence-electron chi connectivity index (χ3n) is 6.10. The molecule has 0 bridgehead atoms. The minimum Gasteiger partial charge on any atom is -0.491 e. The van der Waals surface area contributed by atoms with Gasteiger partial charge in [-0.25, -0.2) is 0 Å². The van der Waals surface area contributed by atoms with E-state index in [9.17, 15) is 9.90 Å². The normalized spacial score (nSPS) is 16.8. The van der Waals surface area contributed by atoms with Crippen LogP contribution in [-0.4, -0.2) is 73.4 Å². The zero-order valence-electron chi connectivity index (χ0n) is 20.3. The van der Waals surface area contributed by atoms with Crippen molar-refractivity contribution in [2.24, 2.45) is 0 Å². The number of carbonyl (C=O) groups excluding carboxylic acids is 1. The van der Waals surface area contributed by atoms with Crippen molar-refractivity contribution in [3.05, 3.63) is 51.7 Å². The fraction of sp³-hybridized carbons (Fsp3) is 0.577.